The number of ether oxygens (including phenoxy) is 1. The van der Waals surface area contributed by atoms with Gasteiger partial charge in [0.05, 0.1) is 0 Å². The van der Waals surface area contributed by atoms with Gasteiger partial charge < -0.3 is 15.2 Å². The van der Waals surface area contributed by atoms with Crippen molar-refractivity contribution >= 4 is 23.6 Å². The Kier molecular flexibility index (Phi) is 7.68. The smallest absolute Gasteiger partial charge is 0.326 e. The number of para-hydroxylation sites is 1. The standard InChI is InChI=1S/C15H21NO4S/c1-3-13(20-11-7-5-4-6-8-11)14(17)16-12(15(18)19)9-10-21-2/h4-8,12-13H,3,9-10H2,1-2H3,(H,16,17)(H,18,19). The zero-order chi connectivity index (χ0) is 15.7. The minimum absolute atomic E-state index is 0.393. The van der Waals surface area contributed by atoms with Crippen molar-refractivity contribution in [3.63, 3.8) is 0 Å². The van der Waals surface area contributed by atoms with E-state index >= 15 is 0 Å². The molecule has 0 aliphatic heterocycles. The minimum Gasteiger partial charge on any atom is -0.481 e. The molecule has 0 saturated heterocycles. The molecule has 1 amide bonds. The Morgan fingerprint density at radius 3 is 2.52 bits per heavy atom. The minimum atomic E-state index is -1.02. The number of hydrogen-bond donors (Lipinski definition) is 2. The summed E-state index contributed by atoms with van der Waals surface area (Å²) in [6.45, 7) is 1.82. The van der Waals surface area contributed by atoms with Crippen molar-refractivity contribution in [3.05, 3.63) is 30.3 Å². The Hall–Kier alpha value is -1.69. The third-order valence-electron chi connectivity index (χ3n) is 2.91. The van der Waals surface area contributed by atoms with Crippen LogP contribution in [-0.4, -0.2) is 41.1 Å². The summed E-state index contributed by atoms with van der Waals surface area (Å²) in [6.07, 6.45) is 2.07. The maximum atomic E-state index is 12.2. The molecule has 0 saturated carbocycles. The van der Waals surface area contributed by atoms with Crippen LogP contribution in [0.1, 0.15) is 19.8 Å². The number of amides is 1. The number of nitrogens with one attached hydrogen (secondary N) is 1. The lowest BCUT2D eigenvalue weighted by Gasteiger charge is -2.20. The Labute approximate surface area is 129 Å². The lowest BCUT2D eigenvalue weighted by Crippen LogP contribution is -2.47. The summed E-state index contributed by atoms with van der Waals surface area (Å²) in [7, 11) is 0. The highest BCUT2D eigenvalue weighted by atomic mass is 32.2. The third kappa shape index (κ3) is 6.08. The summed E-state index contributed by atoms with van der Waals surface area (Å²) in [5, 5.41) is 11.7. The molecule has 1 aromatic carbocycles. The van der Waals surface area contributed by atoms with Crippen molar-refractivity contribution in [2.45, 2.75) is 31.9 Å². The van der Waals surface area contributed by atoms with Crippen LogP contribution in [0, 0.1) is 0 Å². The van der Waals surface area contributed by atoms with Crippen LogP contribution >= 0.6 is 11.8 Å². The number of carbonyl (C=O) groups is 2. The van der Waals surface area contributed by atoms with Gasteiger partial charge in [0.25, 0.3) is 5.91 Å². The second-order valence-electron chi connectivity index (χ2n) is 4.51. The zero-order valence-electron chi connectivity index (χ0n) is 12.2. The molecule has 0 fully saturated rings. The van der Waals surface area contributed by atoms with E-state index in [9.17, 15) is 9.59 Å². The van der Waals surface area contributed by atoms with Crippen molar-refractivity contribution in [3.8, 4) is 5.75 Å². The molecule has 21 heavy (non-hydrogen) atoms. The van der Waals surface area contributed by atoms with Crippen LogP contribution in [0.5, 0.6) is 5.75 Å². The lowest BCUT2D eigenvalue weighted by atomic mass is 10.2. The fraction of sp³-hybridized carbons (Fsp3) is 0.467. The molecule has 1 aromatic rings. The van der Waals surface area contributed by atoms with Crippen LogP contribution in [0.2, 0.25) is 0 Å². The molecule has 0 bridgehead atoms. The van der Waals surface area contributed by atoms with Gasteiger partial charge in [-0.1, -0.05) is 25.1 Å². The molecule has 0 aromatic heterocycles. The second kappa shape index (κ2) is 9.28. The van der Waals surface area contributed by atoms with E-state index in [1.807, 2.05) is 31.4 Å². The van der Waals surface area contributed by atoms with Crippen LogP contribution in [-0.2, 0) is 9.59 Å². The van der Waals surface area contributed by atoms with E-state index in [2.05, 4.69) is 5.32 Å². The molecule has 2 unspecified atom stereocenters. The van der Waals surface area contributed by atoms with Crippen LogP contribution in [0.3, 0.4) is 0 Å². The van der Waals surface area contributed by atoms with Gasteiger partial charge in [0.1, 0.15) is 11.8 Å². The van der Waals surface area contributed by atoms with E-state index in [4.69, 9.17) is 9.84 Å². The molecule has 0 aliphatic rings. The summed E-state index contributed by atoms with van der Waals surface area (Å²) in [4.78, 5) is 23.3. The van der Waals surface area contributed by atoms with E-state index in [0.717, 1.165) is 0 Å². The molecular formula is C15H21NO4S. The average Bonchev–Trinajstić information content (AvgIpc) is 2.49. The number of aliphatic carboxylic acids is 1. The summed E-state index contributed by atoms with van der Waals surface area (Å²) in [6, 6.07) is 8.14. The highest BCUT2D eigenvalue weighted by molar-refractivity contribution is 7.98. The Balaban J connectivity index is 2.62. The van der Waals surface area contributed by atoms with Crippen molar-refractivity contribution in [2.75, 3.05) is 12.0 Å². The first kappa shape index (κ1) is 17.4. The zero-order valence-corrected chi connectivity index (χ0v) is 13.1. The normalized spacial score (nSPS) is 13.2. The number of carboxylic acid groups (broad SMARTS) is 1. The van der Waals surface area contributed by atoms with Gasteiger partial charge in [0.2, 0.25) is 0 Å². The van der Waals surface area contributed by atoms with Crippen LogP contribution < -0.4 is 10.1 Å². The van der Waals surface area contributed by atoms with E-state index in [-0.39, 0.29) is 0 Å². The van der Waals surface area contributed by atoms with Crippen molar-refractivity contribution in [1.29, 1.82) is 0 Å². The van der Waals surface area contributed by atoms with Crippen LogP contribution in [0.15, 0.2) is 30.3 Å². The molecular weight excluding hydrogens is 290 g/mol. The van der Waals surface area contributed by atoms with E-state index < -0.39 is 24.0 Å². The maximum Gasteiger partial charge on any atom is 0.326 e. The summed E-state index contributed by atoms with van der Waals surface area (Å²) in [5.41, 5.74) is 0. The Morgan fingerprint density at radius 1 is 1.33 bits per heavy atom. The number of thioether (sulfide) groups is 1. The second-order valence-corrected chi connectivity index (χ2v) is 5.49. The predicted molar refractivity (Wildman–Crippen MR) is 83.7 cm³/mol. The van der Waals surface area contributed by atoms with E-state index in [1.165, 1.54) is 0 Å². The fourth-order valence-corrected chi connectivity index (χ4v) is 2.21. The Morgan fingerprint density at radius 2 is 2.00 bits per heavy atom. The average molecular weight is 311 g/mol. The van der Waals surface area contributed by atoms with Crippen molar-refractivity contribution in [2.24, 2.45) is 0 Å². The maximum absolute atomic E-state index is 12.2. The predicted octanol–water partition coefficient (Wildman–Crippen LogP) is 2.17. The summed E-state index contributed by atoms with van der Waals surface area (Å²) in [5.74, 6) is -0.148. The first-order chi connectivity index (χ1) is 10.1. The summed E-state index contributed by atoms with van der Waals surface area (Å²) >= 11 is 1.55. The summed E-state index contributed by atoms with van der Waals surface area (Å²) < 4.78 is 5.60. The van der Waals surface area contributed by atoms with E-state index in [0.29, 0.717) is 24.3 Å². The molecule has 0 heterocycles. The van der Waals surface area contributed by atoms with Crippen molar-refractivity contribution < 1.29 is 19.4 Å². The SMILES string of the molecule is CCC(Oc1ccccc1)C(=O)NC(CCSC)C(=O)O. The highest BCUT2D eigenvalue weighted by Gasteiger charge is 2.25. The van der Waals surface area contributed by atoms with Crippen molar-refractivity contribution in [1.82, 2.24) is 5.32 Å². The van der Waals surface area contributed by atoms with Crippen LogP contribution in [0.4, 0.5) is 0 Å². The molecule has 5 nitrogen and oxygen atoms in total. The monoisotopic (exact) mass is 311 g/mol. The number of carboxylic acids is 1. The number of carbonyl (C=O) groups excluding carboxylic acids is 1. The fourth-order valence-electron chi connectivity index (χ4n) is 1.74. The van der Waals surface area contributed by atoms with Crippen LogP contribution in [0.25, 0.3) is 0 Å². The van der Waals surface area contributed by atoms with Gasteiger partial charge in [-0.3, -0.25) is 4.79 Å². The first-order valence-corrected chi connectivity index (χ1v) is 8.21. The largest absolute Gasteiger partial charge is 0.481 e. The molecule has 116 valence electrons. The first-order valence-electron chi connectivity index (χ1n) is 6.82. The highest BCUT2D eigenvalue weighted by Crippen LogP contribution is 2.13. The van der Waals surface area contributed by atoms with Gasteiger partial charge in [-0.05, 0) is 37.0 Å². The molecule has 1 rings (SSSR count). The molecule has 2 atom stereocenters. The molecule has 6 heteroatoms. The number of benzene rings is 1. The Bertz CT molecular complexity index is 452. The van der Waals surface area contributed by atoms with Gasteiger partial charge in [-0.2, -0.15) is 11.8 Å². The molecule has 0 spiro atoms. The topological polar surface area (TPSA) is 75.6 Å². The molecule has 2 N–H and O–H groups in total. The number of rotatable bonds is 9. The molecule has 0 aliphatic carbocycles. The molecule has 0 radical (unpaired) electrons. The van der Waals surface area contributed by atoms with Gasteiger partial charge in [-0.25, -0.2) is 4.79 Å². The lowest BCUT2D eigenvalue weighted by molar-refractivity contribution is -0.143. The van der Waals surface area contributed by atoms with Gasteiger partial charge >= 0.3 is 5.97 Å². The quantitative estimate of drug-likeness (QED) is 0.731. The van der Waals surface area contributed by atoms with Gasteiger partial charge in [0, 0.05) is 0 Å². The number of hydrogen-bond acceptors (Lipinski definition) is 4. The third-order valence-corrected chi connectivity index (χ3v) is 3.55. The van der Waals surface area contributed by atoms with Gasteiger partial charge in [0.15, 0.2) is 6.10 Å². The van der Waals surface area contributed by atoms with Gasteiger partial charge in [-0.15, -0.1) is 0 Å². The van der Waals surface area contributed by atoms with E-state index in [1.54, 1.807) is 23.9 Å².